The van der Waals surface area contributed by atoms with Crippen LogP contribution in [0.2, 0.25) is 36.3 Å². The highest BCUT2D eigenvalue weighted by atomic mass is 28.4. The molecule has 1 fully saturated rings. The van der Waals surface area contributed by atoms with E-state index in [4.69, 9.17) is 13.6 Å². The molecular weight excluding hydrogens is 454 g/mol. The maximum Gasteiger partial charge on any atom is 0.250 e. The monoisotopic (exact) mass is 497 g/mol. The average molecular weight is 498 g/mol. The lowest BCUT2D eigenvalue weighted by Crippen LogP contribution is -2.61. The number of ether oxygens (including phenoxy) is 1. The molecule has 1 aliphatic rings. The lowest BCUT2D eigenvalue weighted by molar-refractivity contribution is -0.554. The highest BCUT2D eigenvalue weighted by molar-refractivity contribution is 6.74. The van der Waals surface area contributed by atoms with Gasteiger partial charge in [0.05, 0.1) is 12.5 Å². The summed E-state index contributed by atoms with van der Waals surface area (Å²) in [5.41, 5.74) is 0.766. The molecule has 0 unspecified atom stereocenters. The number of hydrogen-bond donors (Lipinski definition) is 1. The summed E-state index contributed by atoms with van der Waals surface area (Å²) in [6.45, 7) is 21.1. The fourth-order valence-electron chi connectivity index (χ4n) is 3.56. The minimum Gasteiger partial charge on any atom is -0.414 e. The summed E-state index contributed by atoms with van der Waals surface area (Å²) >= 11 is 0. The Morgan fingerprint density at radius 1 is 1.00 bits per heavy atom. The van der Waals surface area contributed by atoms with Gasteiger partial charge >= 0.3 is 0 Å². The Bertz CT molecular complexity index is 803. The van der Waals surface area contributed by atoms with E-state index in [9.17, 15) is 15.2 Å². The fourth-order valence-corrected chi connectivity index (χ4v) is 5.87. The van der Waals surface area contributed by atoms with Crippen molar-refractivity contribution in [3.8, 4) is 0 Å². The van der Waals surface area contributed by atoms with E-state index in [-0.39, 0.29) is 21.6 Å². The molecular formula is C24H43NO6Si2. The van der Waals surface area contributed by atoms with E-state index in [0.29, 0.717) is 0 Å². The first kappa shape index (κ1) is 28.1. The van der Waals surface area contributed by atoms with Crippen molar-refractivity contribution in [2.75, 3.05) is 6.61 Å². The second-order valence-corrected chi connectivity index (χ2v) is 21.8. The van der Waals surface area contributed by atoms with Gasteiger partial charge in [-0.1, -0.05) is 71.9 Å². The molecule has 0 aromatic heterocycles. The molecule has 0 amide bonds. The molecule has 0 spiro atoms. The van der Waals surface area contributed by atoms with Crippen molar-refractivity contribution < 1.29 is 23.6 Å². The molecule has 0 saturated carbocycles. The third kappa shape index (κ3) is 6.32. The van der Waals surface area contributed by atoms with Gasteiger partial charge in [0.2, 0.25) is 0 Å². The van der Waals surface area contributed by atoms with E-state index >= 15 is 0 Å². The average Bonchev–Trinajstić information content (AvgIpc) is 2.66. The summed E-state index contributed by atoms with van der Waals surface area (Å²) in [5, 5.41) is 23.4. The number of benzene rings is 1. The van der Waals surface area contributed by atoms with Crippen molar-refractivity contribution in [3.05, 3.63) is 46.0 Å². The van der Waals surface area contributed by atoms with Crippen LogP contribution in [0.3, 0.4) is 0 Å². The van der Waals surface area contributed by atoms with E-state index in [1.165, 1.54) is 0 Å². The Labute approximate surface area is 201 Å². The molecule has 1 aromatic rings. The summed E-state index contributed by atoms with van der Waals surface area (Å²) in [5.74, 6) is -0.660. The molecule has 1 heterocycles. The van der Waals surface area contributed by atoms with Crippen LogP contribution < -0.4 is 0 Å². The van der Waals surface area contributed by atoms with E-state index in [2.05, 4.69) is 67.7 Å². The zero-order chi connectivity index (χ0) is 25.4. The van der Waals surface area contributed by atoms with Gasteiger partial charge in [0.15, 0.2) is 29.0 Å². The van der Waals surface area contributed by atoms with E-state index in [1.54, 1.807) is 0 Å². The van der Waals surface area contributed by atoms with Gasteiger partial charge in [-0.2, -0.15) is 0 Å². The SMILES string of the molecule is CC(C)(C)[Si](C)(C)OC[C@H]1O[C@H](O)[C@@H](O[Si](C)(C)C(C)(C)C)[C@@H](c2ccccc2)[C@H]1[N+](=O)[O-]. The molecule has 1 aliphatic heterocycles. The number of aliphatic hydroxyl groups excluding tert-OH is 1. The normalized spacial score (nSPS) is 27.4. The van der Waals surface area contributed by atoms with E-state index < -0.39 is 47.1 Å². The zero-order valence-corrected chi connectivity index (χ0v) is 23.9. The van der Waals surface area contributed by atoms with Gasteiger partial charge in [0.1, 0.15) is 6.10 Å². The maximum absolute atomic E-state index is 12.4. The van der Waals surface area contributed by atoms with Crippen LogP contribution in [0.25, 0.3) is 0 Å². The Balaban J connectivity index is 2.47. The van der Waals surface area contributed by atoms with Gasteiger partial charge in [0.25, 0.3) is 6.04 Å². The quantitative estimate of drug-likeness (QED) is 0.302. The summed E-state index contributed by atoms with van der Waals surface area (Å²) in [7, 11) is -4.52. The third-order valence-corrected chi connectivity index (χ3v) is 16.8. The van der Waals surface area contributed by atoms with Crippen molar-refractivity contribution >= 4 is 16.6 Å². The standard InChI is InChI=1S/C24H43NO6Si2/c1-23(2,3)32(7,8)29-16-18-20(25(27)28)19(17-14-12-11-13-15-17)21(22(26)30-18)31-33(9,10)24(4,5)6/h11-15,18-22,26H,16H2,1-10H3/t18-,19+,20+,21+,22+/m1/s1. The number of nitrogens with zero attached hydrogens (tertiary/aromatic N) is 1. The van der Waals surface area contributed by atoms with E-state index in [0.717, 1.165) is 5.56 Å². The van der Waals surface area contributed by atoms with Crippen LogP contribution in [0.4, 0.5) is 0 Å². The van der Waals surface area contributed by atoms with Crippen molar-refractivity contribution in [1.29, 1.82) is 0 Å². The van der Waals surface area contributed by atoms with Crippen molar-refractivity contribution in [3.63, 3.8) is 0 Å². The van der Waals surface area contributed by atoms with Gasteiger partial charge in [-0.15, -0.1) is 0 Å². The highest BCUT2D eigenvalue weighted by Crippen LogP contribution is 2.44. The minimum absolute atomic E-state index is 0.0444. The Kier molecular flexibility index (Phi) is 8.41. The molecule has 2 rings (SSSR count). The molecule has 9 heteroatoms. The largest absolute Gasteiger partial charge is 0.414 e. The number of aliphatic hydroxyl groups is 1. The molecule has 0 bridgehead atoms. The molecule has 33 heavy (non-hydrogen) atoms. The molecule has 1 saturated heterocycles. The zero-order valence-electron chi connectivity index (χ0n) is 21.9. The van der Waals surface area contributed by atoms with Crippen LogP contribution in [0.1, 0.15) is 53.0 Å². The van der Waals surface area contributed by atoms with Gasteiger partial charge < -0.3 is 18.7 Å². The molecule has 5 atom stereocenters. The first-order valence-electron chi connectivity index (χ1n) is 11.7. The number of nitro groups is 1. The van der Waals surface area contributed by atoms with Gasteiger partial charge in [-0.05, 0) is 41.8 Å². The number of hydrogen-bond acceptors (Lipinski definition) is 6. The van der Waals surface area contributed by atoms with Gasteiger partial charge in [-0.3, -0.25) is 10.1 Å². The Morgan fingerprint density at radius 2 is 1.52 bits per heavy atom. The topological polar surface area (TPSA) is 91.1 Å². The first-order chi connectivity index (χ1) is 14.9. The predicted molar refractivity (Wildman–Crippen MR) is 136 cm³/mol. The summed E-state index contributed by atoms with van der Waals surface area (Å²) in [6.07, 6.45) is -3.00. The van der Waals surface area contributed by atoms with Crippen LogP contribution in [0, 0.1) is 10.1 Å². The molecule has 0 aliphatic carbocycles. The lowest BCUT2D eigenvalue weighted by Gasteiger charge is -2.47. The fraction of sp³-hybridized carbons (Fsp3) is 0.750. The van der Waals surface area contributed by atoms with Crippen LogP contribution in [-0.2, 0) is 13.6 Å². The second kappa shape index (κ2) is 9.87. The summed E-state index contributed by atoms with van der Waals surface area (Å²) < 4.78 is 18.8. The first-order valence-corrected chi connectivity index (χ1v) is 17.5. The van der Waals surface area contributed by atoms with Gasteiger partial charge in [-0.25, -0.2) is 0 Å². The van der Waals surface area contributed by atoms with Crippen molar-refractivity contribution in [2.24, 2.45) is 0 Å². The third-order valence-electron chi connectivity index (χ3n) is 7.78. The van der Waals surface area contributed by atoms with Gasteiger partial charge in [0, 0.05) is 4.92 Å². The molecule has 0 radical (unpaired) electrons. The summed E-state index contributed by atoms with van der Waals surface area (Å²) in [6, 6.07) is 8.23. The Hall–Kier alpha value is -1.11. The van der Waals surface area contributed by atoms with Crippen LogP contribution in [0.5, 0.6) is 0 Å². The highest BCUT2D eigenvalue weighted by Gasteiger charge is 2.56. The molecule has 1 N–H and O–H groups in total. The Morgan fingerprint density at radius 3 is 1.97 bits per heavy atom. The van der Waals surface area contributed by atoms with Crippen LogP contribution in [0.15, 0.2) is 30.3 Å². The van der Waals surface area contributed by atoms with Crippen molar-refractivity contribution in [2.45, 2.75) is 108 Å². The molecule has 1 aromatic carbocycles. The smallest absolute Gasteiger partial charge is 0.250 e. The molecule has 188 valence electrons. The lowest BCUT2D eigenvalue weighted by atomic mass is 9.82. The minimum atomic E-state index is -2.36. The maximum atomic E-state index is 12.4. The predicted octanol–water partition coefficient (Wildman–Crippen LogP) is 5.54. The summed E-state index contributed by atoms with van der Waals surface area (Å²) in [4.78, 5) is 12.2. The van der Waals surface area contributed by atoms with Crippen LogP contribution in [-0.4, -0.2) is 57.8 Å². The van der Waals surface area contributed by atoms with Crippen molar-refractivity contribution in [1.82, 2.24) is 0 Å². The molecule has 7 nitrogen and oxygen atoms in total. The number of rotatable bonds is 7. The van der Waals surface area contributed by atoms with Crippen LogP contribution >= 0.6 is 0 Å². The second-order valence-electron chi connectivity index (χ2n) is 12.2. The van der Waals surface area contributed by atoms with E-state index in [1.807, 2.05) is 30.3 Å².